The van der Waals surface area contributed by atoms with Gasteiger partial charge in [0.15, 0.2) is 22.5 Å². The molecule has 0 radical (unpaired) electrons. The van der Waals surface area contributed by atoms with Gasteiger partial charge in [-0.3, -0.25) is 9.09 Å². The van der Waals surface area contributed by atoms with Crippen LogP contribution in [0.5, 0.6) is 0 Å². The molecule has 2 rings (SSSR count). The Kier molecular flexibility index (Phi) is 7.96. The topological polar surface area (TPSA) is 210 Å². The number of alkyl halides is 1. The molecular formula is C10H15F2N2O12P3S2. The van der Waals surface area contributed by atoms with Crippen LogP contribution < -0.4 is 0 Å². The summed E-state index contributed by atoms with van der Waals surface area (Å²) in [5.41, 5.74) is -2.65. The summed E-state index contributed by atoms with van der Waals surface area (Å²) < 4.78 is 79.2. The number of phosphoric acid groups is 3. The zero-order valence-corrected chi connectivity index (χ0v) is 19.3. The molecule has 6 atom stereocenters. The number of nitrogens with zero attached hydrogens (tertiary/aromatic N) is 1. The lowest BCUT2D eigenvalue weighted by molar-refractivity contribution is -0.0598. The lowest BCUT2D eigenvalue weighted by atomic mass is 9.98. The molecule has 0 bridgehead atoms. The third kappa shape index (κ3) is 6.85. The van der Waals surface area contributed by atoms with E-state index in [0.29, 0.717) is 6.20 Å². The predicted octanol–water partition coefficient (Wildman–Crippen LogP) is 1.74. The van der Waals surface area contributed by atoms with Gasteiger partial charge in [-0.1, -0.05) is 12.2 Å². The average Bonchev–Trinajstić information content (AvgIpc) is 2.76. The van der Waals surface area contributed by atoms with Crippen molar-refractivity contribution in [2.24, 2.45) is 0 Å². The van der Waals surface area contributed by atoms with Gasteiger partial charge in [0.2, 0.25) is 0 Å². The summed E-state index contributed by atoms with van der Waals surface area (Å²) in [6.45, 7) is -0.270. The molecule has 1 aromatic heterocycles. The van der Waals surface area contributed by atoms with Crippen LogP contribution in [0.15, 0.2) is 6.20 Å². The Labute approximate surface area is 181 Å². The zero-order valence-electron chi connectivity index (χ0n) is 15.0. The molecule has 1 aromatic rings. The Hall–Kier alpha value is -0.290. The van der Waals surface area contributed by atoms with Gasteiger partial charge in [-0.2, -0.15) is 8.62 Å². The normalized spacial score (nSPS) is 30.6. The highest BCUT2D eigenvalue weighted by Gasteiger charge is 2.55. The van der Waals surface area contributed by atoms with Crippen LogP contribution in [0.4, 0.5) is 8.78 Å². The molecule has 21 heteroatoms. The third-order valence-electron chi connectivity index (χ3n) is 3.71. The maximum absolute atomic E-state index is 15.1. The number of hydrogen-bond donors (Lipinski definition) is 6. The maximum atomic E-state index is 15.1. The molecule has 178 valence electrons. The summed E-state index contributed by atoms with van der Waals surface area (Å²) in [6, 6.07) is 0. The molecule has 3 unspecified atom stereocenters. The molecule has 1 saturated heterocycles. The predicted molar refractivity (Wildman–Crippen MR) is 99.7 cm³/mol. The highest BCUT2D eigenvalue weighted by molar-refractivity contribution is 7.72. The Morgan fingerprint density at radius 1 is 1.23 bits per heavy atom. The molecule has 1 fully saturated rings. The summed E-state index contributed by atoms with van der Waals surface area (Å²) in [5.74, 6) is -0.991. The molecule has 1 aliphatic rings. The van der Waals surface area contributed by atoms with E-state index >= 15 is 4.39 Å². The second kappa shape index (κ2) is 9.16. The number of hydrogen-bond acceptors (Lipinski definition) is 10. The van der Waals surface area contributed by atoms with Gasteiger partial charge >= 0.3 is 23.5 Å². The van der Waals surface area contributed by atoms with E-state index in [2.05, 4.69) is 30.3 Å². The van der Waals surface area contributed by atoms with Crippen LogP contribution >= 0.6 is 47.9 Å². The van der Waals surface area contributed by atoms with Crippen molar-refractivity contribution in [3.05, 3.63) is 21.4 Å². The molecule has 0 aromatic carbocycles. The maximum Gasteiger partial charge on any atom is 0.490 e. The number of aromatic amines is 1. The number of halogens is 2. The minimum absolute atomic E-state index is 0.277. The lowest BCUT2D eigenvalue weighted by Crippen LogP contribution is -2.41. The molecular weight excluding hydrogens is 535 g/mol. The van der Waals surface area contributed by atoms with Crippen LogP contribution in [0.25, 0.3) is 0 Å². The summed E-state index contributed by atoms with van der Waals surface area (Å²) in [4.78, 5) is 37.7. The standard InChI is InChI=1S/C10H15F2N2O12P3S2/c1-10(12)6(15)5(24-8(10)14-2-4(11)7(30)13-9(14)31)3-23-28(19,20)26-29(21,22)25-27(16,17)18/h2,5-6,8,15H,3H2,1H3,(H,19,20)(H,21,22)(H,13,30,31)(H2,16,17,18)/t5-,6?,8-,10-/m1/s1. The Morgan fingerprint density at radius 3 is 2.35 bits per heavy atom. The Morgan fingerprint density at radius 2 is 1.81 bits per heavy atom. The van der Waals surface area contributed by atoms with E-state index in [4.69, 9.17) is 31.6 Å². The highest BCUT2D eigenvalue weighted by atomic mass is 32.1. The van der Waals surface area contributed by atoms with Gasteiger partial charge in [0, 0.05) is 6.20 Å². The van der Waals surface area contributed by atoms with Gasteiger partial charge in [-0.15, -0.1) is 0 Å². The van der Waals surface area contributed by atoms with Crippen LogP contribution in [0.2, 0.25) is 0 Å². The van der Waals surface area contributed by atoms with Crippen LogP contribution in [0.1, 0.15) is 13.2 Å². The molecule has 31 heavy (non-hydrogen) atoms. The summed E-state index contributed by atoms with van der Waals surface area (Å²) in [6.07, 6.45) is -4.80. The van der Waals surface area contributed by atoms with Gasteiger partial charge in [0.1, 0.15) is 16.8 Å². The molecule has 1 aliphatic heterocycles. The molecule has 0 aliphatic carbocycles. The molecule has 14 nitrogen and oxygen atoms in total. The van der Waals surface area contributed by atoms with Gasteiger partial charge in [-0.25, -0.2) is 22.5 Å². The Bertz CT molecular complexity index is 1100. The fraction of sp³-hybridized carbons (Fsp3) is 0.600. The average molecular weight is 550 g/mol. The monoisotopic (exact) mass is 550 g/mol. The SMILES string of the molecule is C[C@@]1(F)C(O)[C@@H](COP(=O)(O)OP(=O)(O)OP(=O)(O)O)O[C@H]1n1cc(F)c(=S)[nH]c1=S. The van der Waals surface area contributed by atoms with Crippen molar-refractivity contribution in [2.45, 2.75) is 31.0 Å². The molecule has 0 spiro atoms. The lowest BCUT2D eigenvalue weighted by Gasteiger charge is -2.25. The van der Waals surface area contributed by atoms with Gasteiger partial charge in [0.25, 0.3) is 0 Å². The van der Waals surface area contributed by atoms with Crippen molar-refractivity contribution in [1.82, 2.24) is 9.55 Å². The van der Waals surface area contributed by atoms with E-state index in [1.807, 2.05) is 0 Å². The first-order valence-corrected chi connectivity index (χ1v) is 13.0. The Balaban J connectivity index is 2.17. The first kappa shape index (κ1) is 27.0. The smallest absolute Gasteiger partial charge is 0.387 e. The van der Waals surface area contributed by atoms with Crippen molar-refractivity contribution in [1.29, 1.82) is 0 Å². The number of aliphatic hydroxyl groups excluding tert-OH is 1. The second-order valence-corrected chi connectivity index (χ2v) is 11.4. The number of aromatic nitrogens is 2. The second-order valence-electron chi connectivity index (χ2n) is 6.15. The van der Waals surface area contributed by atoms with Gasteiger partial charge in [0.05, 0.1) is 6.61 Å². The molecule has 6 N–H and O–H groups in total. The quantitative estimate of drug-likeness (QED) is 0.201. The van der Waals surface area contributed by atoms with E-state index in [1.165, 1.54) is 0 Å². The van der Waals surface area contributed by atoms with Crippen LogP contribution in [-0.2, 0) is 31.6 Å². The number of H-pyrrole nitrogens is 1. The van der Waals surface area contributed by atoms with E-state index in [1.54, 1.807) is 0 Å². The molecule has 2 heterocycles. The number of ether oxygens (including phenoxy) is 1. The van der Waals surface area contributed by atoms with E-state index in [0.717, 1.165) is 11.5 Å². The molecule has 0 amide bonds. The summed E-state index contributed by atoms with van der Waals surface area (Å²) in [7, 11) is -16.9. The van der Waals surface area contributed by atoms with Crippen molar-refractivity contribution in [3.63, 3.8) is 0 Å². The number of phosphoric ester groups is 1. The van der Waals surface area contributed by atoms with Crippen LogP contribution in [0, 0.1) is 15.2 Å². The number of nitrogens with one attached hydrogen (secondary N) is 1. The number of aliphatic hydroxyl groups is 1. The fourth-order valence-corrected chi connectivity index (χ4v) is 5.95. The van der Waals surface area contributed by atoms with Crippen molar-refractivity contribution >= 4 is 47.9 Å². The molecule has 0 saturated carbocycles. The van der Waals surface area contributed by atoms with E-state index in [-0.39, 0.29) is 9.41 Å². The van der Waals surface area contributed by atoms with E-state index in [9.17, 15) is 28.1 Å². The van der Waals surface area contributed by atoms with Gasteiger partial charge in [-0.05, 0) is 19.1 Å². The minimum Gasteiger partial charge on any atom is -0.387 e. The van der Waals surface area contributed by atoms with Gasteiger partial charge < -0.3 is 34.4 Å². The van der Waals surface area contributed by atoms with E-state index < -0.39 is 60.0 Å². The van der Waals surface area contributed by atoms with Crippen molar-refractivity contribution in [3.8, 4) is 0 Å². The minimum atomic E-state index is -5.77. The van der Waals surface area contributed by atoms with Crippen LogP contribution in [-0.4, -0.2) is 58.7 Å². The highest BCUT2D eigenvalue weighted by Crippen LogP contribution is 2.66. The largest absolute Gasteiger partial charge is 0.490 e. The van der Waals surface area contributed by atoms with Crippen molar-refractivity contribution < 1.29 is 65.0 Å². The van der Waals surface area contributed by atoms with Crippen molar-refractivity contribution in [2.75, 3.05) is 6.61 Å². The number of rotatable bonds is 8. The van der Waals surface area contributed by atoms with Crippen LogP contribution in [0.3, 0.4) is 0 Å². The summed E-state index contributed by atoms with van der Waals surface area (Å²) >= 11 is 9.56. The first-order chi connectivity index (χ1) is 13.8. The zero-order chi connectivity index (χ0) is 24.0. The third-order valence-corrected chi connectivity index (χ3v) is 8.12. The first-order valence-electron chi connectivity index (χ1n) is 7.66. The summed E-state index contributed by atoms with van der Waals surface area (Å²) in [5, 5.41) is 10.1. The fourth-order valence-electron chi connectivity index (χ4n) is 2.46.